The van der Waals surface area contributed by atoms with Gasteiger partial charge in [0.05, 0.1) is 47.1 Å². The summed E-state index contributed by atoms with van der Waals surface area (Å²) < 4.78 is 68.0. The minimum absolute atomic E-state index is 0.0985. The molecular weight excluding hydrogens is 450 g/mol. The van der Waals surface area contributed by atoms with Crippen molar-refractivity contribution >= 4 is 17.7 Å². The summed E-state index contributed by atoms with van der Waals surface area (Å²) in [6, 6.07) is 2.47. The molecule has 4 fully saturated rings. The van der Waals surface area contributed by atoms with Gasteiger partial charge in [0.2, 0.25) is 5.91 Å². The summed E-state index contributed by atoms with van der Waals surface area (Å²) in [6.45, 7) is 1.71. The highest BCUT2D eigenvalue weighted by Crippen LogP contribution is 2.66. The van der Waals surface area contributed by atoms with Crippen LogP contribution >= 0.6 is 0 Å². The molecule has 2 amide bonds. The molecule has 0 saturated carbocycles. The smallest absolute Gasteiger partial charge is 0.420 e. The predicted octanol–water partition coefficient (Wildman–Crippen LogP) is 2.95. The Bertz CT molecular complexity index is 1120. The highest BCUT2D eigenvalue weighted by Gasteiger charge is 2.78. The summed E-state index contributed by atoms with van der Waals surface area (Å²) in [6.07, 6.45) is -6.77. The molecule has 4 aliphatic heterocycles. The van der Waals surface area contributed by atoms with Crippen LogP contribution in [0.2, 0.25) is 0 Å². The number of alkyl halides is 3. The number of benzene rings is 1. The number of hydrogen-bond acceptors (Lipinski definition) is 5. The van der Waals surface area contributed by atoms with Crippen LogP contribution in [0.5, 0.6) is 0 Å². The van der Waals surface area contributed by atoms with Gasteiger partial charge in [-0.1, -0.05) is 0 Å². The number of carbonyl (C=O) groups excluding carboxylic acids is 1. The third-order valence-electron chi connectivity index (χ3n) is 7.64. The number of ether oxygens (including phenoxy) is 2. The standard InChI is InChI=1S/C21H19F4N3O5/c1-19-11(27(2)18(30)31)7-20(33-19)5-6-32-17-14(20)13(19)16(29)28(17)10-4-3-9(8-26)12(15(10)22)21(23,24)25/h3-4,11,13-14,17H,5-7H2,1-2H3,(H,30,31)/t11-,13-,14+,17+,19-,20+/m1/s1. The third-order valence-corrected chi connectivity index (χ3v) is 7.64. The lowest BCUT2D eigenvalue weighted by molar-refractivity contribution is -0.143. The van der Waals surface area contributed by atoms with Crippen LogP contribution < -0.4 is 4.90 Å². The van der Waals surface area contributed by atoms with Gasteiger partial charge in [-0.15, -0.1) is 0 Å². The normalized spacial score (nSPS) is 36.6. The lowest BCUT2D eigenvalue weighted by atomic mass is 9.64. The topological polar surface area (TPSA) is 103 Å². The second-order valence-corrected chi connectivity index (χ2v) is 9.12. The van der Waals surface area contributed by atoms with Crippen LogP contribution in [-0.2, 0) is 20.4 Å². The van der Waals surface area contributed by atoms with E-state index in [2.05, 4.69) is 0 Å². The number of nitrogens with zero attached hydrogens (tertiary/aromatic N) is 3. The zero-order chi connectivity index (χ0) is 24.1. The molecule has 4 heterocycles. The highest BCUT2D eigenvalue weighted by atomic mass is 19.4. The van der Waals surface area contributed by atoms with E-state index in [4.69, 9.17) is 14.7 Å². The Morgan fingerprint density at radius 2 is 2.09 bits per heavy atom. The van der Waals surface area contributed by atoms with E-state index >= 15 is 4.39 Å². The van der Waals surface area contributed by atoms with Gasteiger partial charge in [-0.05, 0) is 19.1 Å². The van der Waals surface area contributed by atoms with E-state index in [0.29, 0.717) is 6.42 Å². The number of halogens is 4. The number of fused-ring (bicyclic) bond motifs is 2. The molecule has 4 aliphatic rings. The first-order chi connectivity index (χ1) is 15.4. The second kappa shape index (κ2) is 6.57. The maximum absolute atomic E-state index is 15.2. The van der Waals surface area contributed by atoms with Crippen molar-refractivity contribution in [2.75, 3.05) is 18.6 Å². The molecule has 0 radical (unpaired) electrons. The third kappa shape index (κ3) is 2.63. The predicted molar refractivity (Wildman–Crippen MR) is 101 cm³/mol. The molecule has 1 aromatic carbocycles. The number of nitriles is 1. The number of amides is 2. The van der Waals surface area contributed by atoms with E-state index < -0.39 is 76.1 Å². The number of likely N-dealkylation sites (N-methyl/N-ethyl adjacent to an activating group) is 1. The van der Waals surface area contributed by atoms with E-state index in [9.17, 15) is 27.9 Å². The maximum atomic E-state index is 15.2. The summed E-state index contributed by atoms with van der Waals surface area (Å²) in [4.78, 5) is 27.2. The van der Waals surface area contributed by atoms with Crippen LogP contribution in [-0.4, -0.2) is 59.1 Å². The largest absolute Gasteiger partial charge is 0.465 e. The summed E-state index contributed by atoms with van der Waals surface area (Å²) in [5, 5.41) is 18.5. The van der Waals surface area contributed by atoms with Gasteiger partial charge in [0.1, 0.15) is 11.8 Å². The van der Waals surface area contributed by atoms with Gasteiger partial charge >= 0.3 is 12.3 Å². The van der Waals surface area contributed by atoms with Gasteiger partial charge in [0.15, 0.2) is 5.82 Å². The van der Waals surface area contributed by atoms with Gasteiger partial charge in [-0.25, -0.2) is 9.18 Å². The summed E-state index contributed by atoms with van der Waals surface area (Å²) in [5.74, 6) is -3.97. The van der Waals surface area contributed by atoms with E-state index in [1.807, 2.05) is 0 Å². The first-order valence-electron chi connectivity index (χ1n) is 10.3. The Kier molecular flexibility index (Phi) is 4.36. The Hall–Kier alpha value is -2.91. The molecule has 0 unspecified atom stereocenters. The number of hydrogen-bond donors (Lipinski definition) is 1. The van der Waals surface area contributed by atoms with E-state index in [1.54, 1.807) is 6.92 Å². The summed E-state index contributed by atoms with van der Waals surface area (Å²) in [5.41, 5.74) is -5.45. The molecule has 0 aliphatic carbocycles. The molecule has 176 valence electrons. The Morgan fingerprint density at radius 1 is 1.39 bits per heavy atom. The number of anilines is 1. The van der Waals surface area contributed by atoms with E-state index in [0.717, 1.165) is 21.9 Å². The van der Waals surface area contributed by atoms with Crippen molar-refractivity contribution in [1.82, 2.24) is 4.90 Å². The lowest BCUT2D eigenvalue weighted by Gasteiger charge is -2.44. The van der Waals surface area contributed by atoms with E-state index in [-0.39, 0.29) is 13.0 Å². The van der Waals surface area contributed by atoms with Crippen molar-refractivity contribution in [3.05, 3.63) is 29.1 Å². The number of carboxylic acid groups (broad SMARTS) is 1. The van der Waals surface area contributed by atoms with Crippen molar-refractivity contribution in [3.8, 4) is 6.07 Å². The van der Waals surface area contributed by atoms with Gasteiger partial charge in [-0.2, -0.15) is 18.4 Å². The Labute approximate surface area is 185 Å². The van der Waals surface area contributed by atoms with Crippen LogP contribution in [0.3, 0.4) is 0 Å². The average molecular weight is 469 g/mol. The monoisotopic (exact) mass is 469 g/mol. The number of carbonyl (C=O) groups is 2. The molecule has 5 rings (SSSR count). The van der Waals surface area contributed by atoms with Gasteiger partial charge in [0.25, 0.3) is 0 Å². The lowest BCUT2D eigenvalue weighted by Crippen LogP contribution is -2.58. The van der Waals surface area contributed by atoms with Crippen LogP contribution in [0.4, 0.5) is 28.0 Å². The van der Waals surface area contributed by atoms with Crippen molar-refractivity contribution < 1.29 is 41.7 Å². The minimum Gasteiger partial charge on any atom is -0.465 e. The molecule has 1 N–H and O–H groups in total. The van der Waals surface area contributed by atoms with Crippen molar-refractivity contribution in [2.24, 2.45) is 11.8 Å². The average Bonchev–Trinajstić information content (AvgIpc) is 3.30. The highest BCUT2D eigenvalue weighted by molar-refractivity contribution is 6.00. The molecule has 8 nitrogen and oxygen atoms in total. The quantitative estimate of drug-likeness (QED) is 0.669. The molecule has 1 spiro atoms. The fraction of sp³-hybridized carbons (Fsp3) is 0.571. The fourth-order valence-corrected chi connectivity index (χ4v) is 6.35. The van der Waals surface area contributed by atoms with Crippen LogP contribution in [0.15, 0.2) is 12.1 Å². The van der Waals surface area contributed by atoms with Crippen LogP contribution in [0.25, 0.3) is 0 Å². The van der Waals surface area contributed by atoms with Crippen molar-refractivity contribution in [1.29, 1.82) is 5.26 Å². The zero-order valence-corrected chi connectivity index (χ0v) is 17.5. The van der Waals surface area contributed by atoms with Crippen LogP contribution in [0.1, 0.15) is 30.9 Å². The number of rotatable bonds is 2. The summed E-state index contributed by atoms with van der Waals surface area (Å²) >= 11 is 0. The van der Waals surface area contributed by atoms with Crippen molar-refractivity contribution in [2.45, 2.75) is 49.4 Å². The van der Waals surface area contributed by atoms with Crippen LogP contribution in [0, 0.1) is 29.0 Å². The summed E-state index contributed by atoms with van der Waals surface area (Å²) in [7, 11) is 1.37. The second-order valence-electron chi connectivity index (χ2n) is 9.12. The van der Waals surface area contributed by atoms with Crippen molar-refractivity contribution in [3.63, 3.8) is 0 Å². The molecular formula is C21H19F4N3O5. The SMILES string of the molecule is CN(C(=O)O)[C@@H]1C[C@@]23CCO[C@H]4[C@@H]2[C@H](C(=O)N4c2ccc(C#N)c(C(F)(F)F)c2F)[C@]1(C)O3. The van der Waals surface area contributed by atoms with E-state index in [1.165, 1.54) is 13.1 Å². The minimum atomic E-state index is -5.15. The first kappa shape index (κ1) is 21.9. The molecule has 1 aromatic rings. The Morgan fingerprint density at radius 3 is 2.70 bits per heavy atom. The fourth-order valence-electron chi connectivity index (χ4n) is 6.35. The van der Waals surface area contributed by atoms with Gasteiger partial charge in [0, 0.05) is 25.8 Å². The van der Waals surface area contributed by atoms with Gasteiger partial charge in [-0.3, -0.25) is 9.69 Å². The first-order valence-corrected chi connectivity index (χ1v) is 10.3. The molecule has 2 bridgehead atoms. The molecule has 0 aromatic heterocycles. The molecule has 33 heavy (non-hydrogen) atoms. The zero-order valence-electron chi connectivity index (χ0n) is 17.5. The maximum Gasteiger partial charge on any atom is 0.420 e. The Balaban J connectivity index is 1.64. The molecule has 12 heteroatoms. The molecule has 4 saturated heterocycles. The molecule has 6 atom stereocenters. The van der Waals surface area contributed by atoms with Gasteiger partial charge < -0.3 is 19.5 Å².